The number of rotatable bonds is 12. The molecule has 0 radical (unpaired) electrons. The van der Waals surface area contributed by atoms with Crippen LogP contribution in [0.25, 0.3) is 0 Å². The molecule has 1 aliphatic rings. The van der Waals surface area contributed by atoms with Gasteiger partial charge in [0.05, 0.1) is 0 Å². The summed E-state index contributed by atoms with van der Waals surface area (Å²) in [6, 6.07) is 0. The van der Waals surface area contributed by atoms with Crippen molar-refractivity contribution in [2.45, 2.75) is 102 Å². The van der Waals surface area contributed by atoms with Crippen molar-refractivity contribution in [3.8, 4) is 0 Å². The monoisotopic (exact) mass is 363 g/mol. The highest BCUT2D eigenvalue weighted by Gasteiger charge is 2.43. The van der Waals surface area contributed by atoms with Crippen LogP contribution in [0, 0.1) is 0 Å². The van der Waals surface area contributed by atoms with Gasteiger partial charge in [0.15, 0.2) is 6.29 Å². The number of carbonyl (C=O) groups is 1. The fourth-order valence-electron chi connectivity index (χ4n) is 2.82. The summed E-state index contributed by atoms with van der Waals surface area (Å²) in [5, 5.41) is 38.1. The summed E-state index contributed by atoms with van der Waals surface area (Å²) in [5.74, 6) is -0.411. The first kappa shape index (κ1) is 20.6. The van der Waals surface area contributed by atoms with E-state index in [9.17, 15) is 25.2 Å². The lowest BCUT2D eigenvalue weighted by molar-refractivity contribution is -0.287. The van der Waals surface area contributed by atoms with E-state index in [2.05, 4.69) is 0 Å². The molecule has 5 atom stereocenters. The van der Waals surface area contributed by atoms with Crippen LogP contribution in [0.15, 0.2) is 0 Å². The molecule has 1 unspecified atom stereocenters. The second-order valence-corrected chi connectivity index (χ2v) is 6.65. The van der Waals surface area contributed by atoms with Crippen molar-refractivity contribution in [3.63, 3.8) is 0 Å². The second-order valence-electron chi connectivity index (χ2n) is 6.65. The van der Waals surface area contributed by atoms with Crippen molar-refractivity contribution in [2.75, 3.05) is 6.61 Å². The van der Waals surface area contributed by atoms with Crippen LogP contribution in [-0.4, -0.2) is 63.7 Å². The molecule has 148 valence electrons. The van der Waals surface area contributed by atoms with Crippen molar-refractivity contribution < 1.29 is 36.1 Å². The molecule has 0 bridgehead atoms. The van der Waals surface area contributed by atoms with E-state index >= 15 is 0 Å². The molecule has 7 heteroatoms. The maximum Gasteiger partial charge on any atom is 0.305 e. The fraction of sp³-hybridized carbons (Fsp3) is 0.944. The highest BCUT2D eigenvalue weighted by Crippen LogP contribution is 2.20. The van der Waals surface area contributed by atoms with E-state index in [0.29, 0.717) is 6.90 Å². The number of hydrogen-bond acceptors (Lipinski definition) is 7. The number of hydrogen-bond donors (Lipinski definition) is 4. The molecule has 0 spiro atoms. The fourth-order valence-corrected chi connectivity index (χ4v) is 2.82. The Bertz CT molecular complexity index is 383. The number of aliphatic hydroxyl groups excluding tert-OH is 4. The van der Waals surface area contributed by atoms with Gasteiger partial charge in [-0.3, -0.25) is 4.79 Å². The molecule has 1 fully saturated rings. The largest absolute Gasteiger partial charge is 0.463 e. The summed E-state index contributed by atoms with van der Waals surface area (Å²) >= 11 is 0. The summed E-state index contributed by atoms with van der Waals surface area (Å²) in [7, 11) is 0. The minimum absolute atomic E-state index is 0.278. The molecule has 4 N–H and O–H groups in total. The standard InChI is InChI=1S/C18H34O7/c1-2-3-4-5-6-7-8-9-10-11-14(19)24-12-13-15(20)16(21)17(22)18(23)25-13/h13,15-18,20-23H,2-12H2,1H3/t13-,15-,16+,17-,18?/m1/s1/i1D. The van der Waals surface area contributed by atoms with Crippen LogP contribution in [0.2, 0.25) is 0 Å². The van der Waals surface area contributed by atoms with Crippen molar-refractivity contribution in [2.24, 2.45) is 0 Å². The highest BCUT2D eigenvalue weighted by atomic mass is 16.6. The first-order valence-electron chi connectivity index (χ1n) is 10.0. The third-order valence-electron chi connectivity index (χ3n) is 4.48. The maximum atomic E-state index is 11.7. The van der Waals surface area contributed by atoms with Gasteiger partial charge in [0.2, 0.25) is 0 Å². The van der Waals surface area contributed by atoms with Crippen LogP contribution >= 0.6 is 0 Å². The normalized spacial score (nSPS) is 30.1. The van der Waals surface area contributed by atoms with Gasteiger partial charge in [-0.1, -0.05) is 58.3 Å². The van der Waals surface area contributed by atoms with Crippen LogP contribution in [0.3, 0.4) is 0 Å². The van der Waals surface area contributed by atoms with E-state index in [1.165, 1.54) is 19.3 Å². The van der Waals surface area contributed by atoms with Crippen molar-refractivity contribution in [1.82, 2.24) is 0 Å². The van der Waals surface area contributed by atoms with Gasteiger partial charge in [-0.05, 0) is 6.42 Å². The van der Waals surface area contributed by atoms with Crippen molar-refractivity contribution >= 4 is 5.97 Å². The Kier molecular flexibility index (Phi) is 10.4. The third kappa shape index (κ3) is 8.46. The van der Waals surface area contributed by atoms with E-state index in [1.807, 2.05) is 0 Å². The lowest BCUT2D eigenvalue weighted by Gasteiger charge is -2.37. The molecular weight excluding hydrogens is 328 g/mol. The van der Waals surface area contributed by atoms with E-state index in [0.717, 1.165) is 38.5 Å². The molecule has 1 heterocycles. The first-order valence-corrected chi connectivity index (χ1v) is 9.30. The molecule has 0 amide bonds. The smallest absolute Gasteiger partial charge is 0.305 e. The van der Waals surface area contributed by atoms with Crippen molar-refractivity contribution in [1.29, 1.82) is 0 Å². The van der Waals surface area contributed by atoms with Crippen LogP contribution in [0.4, 0.5) is 0 Å². The number of aliphatic hydroxyl groups is 4. The minimum Gasteiger partial charge on any atom is -0.463 e. The SMILES string of the molecule is [2H]CCCCCCCCCCCC(=O)OC[C@H]1OC(O)[C@H](O)[C@@H](O)[C@@H]1O. The van der Waals surface area contributed by atoms with Crippen LogP contribution in [0.5, 0.6) is 0 Å². The Balaban J connectivity index is 2.02. The summed E-state index contributed by atoms with van der Waals surface area (Å²) in [6.07, 6.45) is 2.66. The van der Waals surface area contributed by atoms with Gasteiger partial charge in [-0.25, -0.2) is 0 Å². The zero-order valence-electron chi connectivity index (χ0n) is 15.9. The van der Waals surface area contributed by atoms with Gasteiger partial charge in [-0.2, -0.15) is 0 Å². The third-order valence-corrected chi connectivity index (χ3v) is 4.48. The average Bonchev–Trinajstić information content (AvgIpc) is 2.63. The topological polar surface area (TPSA) is 116 Å². The molecule has 1 saturated heterocycles. The van der Waals surface area contributed by atoms with Gasteiger partial charge >= 0.3 is 5.97 Å². The van der Waals surface area contributed by atoms with Crippen LogP contribution in [0.1, 0.15) is 72.5 Å². The Hall–Kier alpha value is -0.730. The zero-order chi connectivity index (χ0) is 19.4. The summed E-state index contributed by atoms with van der Waals surface area (Å²) in [4.78, 5) is 11.7. The van der Waals surface area contributed by atoms with E-state index in [4.69, 9.17) is 10.8 Å². The Morgan fingerprint density at radius 3 is 2.16 bits per heavy atom. The van der Waals surface area contributed by atoms with Crippen LogP contribution in [-0.2, 0) is 14.3 Å². The van der Waals surface area contributed by atoms with Gasteiger partial charge in [-0.15, -0.1) is 0 Å². The predicted octanol–water partition coefficient (Wildman–Crippen LogP) is 1.25. The number of ether oxygens (including phenoxy) is 2. The molecule has 1 aliphatic heterocycles. The average molecular weight is 363 g/mol. The lowest BCUT2D eigenvalue weighted by atomic mass is 9.99. The van der Waals surface area contributed by atoms with E-state index in [-0.39, 0.29) is 13.0 Å². The number of esters is 1. The van der Waals surface area contributed by atoms with Gasteiger partial charge in [0.25, 0.3) is 0 Å². The summed E-state index contributed by atoms with van der Waals surface area (Å²) in [5.41, 5.74) is 0. The quantitative estimate of drug-likeness (QED) is 0.304. The zero-order valence-corrected chi connectivity index (χ0v) is 14.9. The number of carbonyl (C=O) groups excluding carboxylic acids is 1. The maximum absolute atomic E-state index is 11.7. The minimum atomic E-state index is -1.62. The van der Waals surface area contributed by atoms with Gasteiger partial charge in [0, 0.05) is 7.79 Å². The summed E-state index contributed by atoms with van der Waals surface area (Å²) in [6.45, 7) is 0.240. The molecule has 7 nitrogen and oxygen atoms in total. The highest BCUT2D eigenvalue weighted by molar-refractivity contribution is 5.69. The van der Waals surface area contributed by atoms with Crippen LogP contribution < -0.4 is 0 Å². The molecule has 1 rings (SSSR count). The number of unbranched alkanes of at least 4 members (excludes halogenated alkanes) is 8. The molecular formula is C18H34O7. The molecule has 0 aromatic rings. The predicted molar refractivity (Wildman–Crippen MR) is 91.7 cm³/mol. The van der Waals surface area contributed by atoms with Crippen molar-refractivity contribution in [3.05, 3.63) is 0 Å². The molecule has 0 aliphatic carbocycles. The first-order chi connectivity index (χ1) is 12.5. The Morgan fingerprint density at radius 2 is 1.52 bits per heavy atom. The molecule has 25 heavy (non-hydrogen) atoms. The molecule has 0 aromatic heterocycles. The van der Waals surface area contributed by atoms with Gasteiger partial charge in [0.1, 0.15) is 31.0 Å². The lowest BCUT2D eigenvalue weighted by Crippen LogP contribution is -2.58. The van der Waals surface area contributed by atoms with E-state index < -0.39 is 36.7 Å². The van der Waals surface area contributed by atoms with Gasteiger partial charge < -0.3 is 29.9 Å². The second kappa shape index (κ2) is 12.6. The Morgan fingerprint density at radius 1 is 0.920 bits per heavy atom. The summed E-state index contributed by atoms with van der Waals surface area (Å²) < 4.78 is 17.0. The molecule has 0 saturated carbocycles. The Labute approximate surface area is 151 Å². The molecule has 0 aromatic carbocycles. The van der Waals surface area contributed by atoms with E-state index in [1.54, 1.807) is 0 Å².